The highest BCUT2D eigenvalue weighted by Gasteiger charge is 2.23. The van der Waals surface area contributed by atoms with Gasteiger partial charge in [0.05, 0.1) is 7.11 Å². The number of hydrogen-bond acceptors (Lipinski definition) is 2. The molecule has 14 heavy (non-hydrogen) atoms. The number of carbonyl (C=O) groups is 1. The smallest absolute Gasteiger partial charge is 0.343 e. The average Bonchev–Trinajstić information content (AvgIpc) is 2.14. The third-order valence-electron chi connectivity index (χ3n) is 1.50. The van der Waals surface area contributed by atoms with Crippen molar-refractivity contribution in [3.63, 3.8) is 0 Å². The summed E-state index contributed by atoms with van der Waals surface area (Å²) in [6, 6.07) is 0.317. The molecule has 0 saturated carbocycles. The van der Waals surface area contributed by atoms with E-state index in [2.05, 4.69) is 4.74 Å². The minimum Gasteiger partial charge on any atom is -0.465 e. The fraction of sp³-hybridized carbons (Fsp3) is 0.125. The van der Waals surface area contributed by atoms with Crippen LogP contribution in [0.5, 0.6) is 0 Å². The molecule has 0 radical (unpaired) electrons. The maximum atomic E-state index is 13.0. The van der Waals surface area contributed by atoms with Crippen LogP contribution in [-0.4, -0.2) is 13.1 Å². The first-order chi connectivity index (χ1) is 6.49. The van der Waals surface area contributed by atoms with Gasteiger partial charge >= 0.3 is 5.97 Å². The Bertz CT molecular complexity index is 393. The molecule has 2 nitrogen and oxygen atoms in total. The van der Waals surface area contributed by atoms with Crippen molar-refractivity contribution >= 4 is 17.6 Å². The van der Waals surface area contributed by atoms with Crippen LogP contribution in [0.25, 0.3) is 0 Å². The molecule has 0 bridgehead atoms. The summed E-state index contributed by atoms with van der Waals surface area (Å²) in [6.07, 6.45) is 0. The van der Waals surface area contributed by atoms with Crippen molar-refractivity contribution in [2.24, 2.45) is 0 Å². The summed E-state index contributed by atoms with van der Waals surface area (Å²) >= 11 is 5.13. The lowest BCUT2D eigenvalue weighted by atomic mass is 10.2. The first-order valence-electron chi connectivity index (χ1n) is 3.40. The molecule has 0 aliphatic rings. The van der Waals surface area contributed by atoms with Crippen LogP contribution in [-0.2, 0) is 4.74 Å². The van der Waals surface area contributed by atoms with Crippen molar-refractivity contribution in [1.29, 1.82) is 0 Å². The highest BCUT2D eigenvalue weighted by molar-refractivity contribution is 6.31. The third-order valence-corrected chi connectivity index (χ3v) is 1.85. The van der Waals surface area contributed by atoms with Crippen LogP contribution < -0.4 is 0 Å². The number of benzene rings is 1. The zero-order valence-electron chi connectivity index (χ0n) is 6.91. The highest BCUT2D eigenvalue weighted by Crippen LogP contribution is 2.24. The van der Waals surface area contributed by atoms with Crippen LogP contribution in [0.3, 0.4) is 0 Å². The summed E-state index contributed by atoms with van der Waals surface area (Å²) in [5.74, 6) is -5.33. The van der Waals surface area contributed by atoms with Crippen molar-refractivity contribution in [2.75, 3.05) is 7.11 Å². The fourth-order valence-electron chi connectivity index (χ4n) is 0.855. The van der Waals surface area contributed by atoms with Crippen LogP contribution in [0.4, 0.5) is 13.2 Å². The van der Waals surface area contributed by atoms with E-state index < -0.39 is 34.0 Å². The zero-order chi connectivity index (χ0) is 10.9. The van der Waals surface area contributed by atoms with Crippen molar-refractivity contribution in [1.82, 2.24) is 0 Å². The number of rotatable bonds is 1. The van der Waals surface area contributed by atoms with Gasteiger partial charge in [-0.25, -0.2) is 18.0 Å². The van der Waals surface area contributed by atoms with Crippen LogP contribution in [0.2, 0.25) is 5.02 Å². The first-order valence-corrected chi connectivity index (χ1v) is 3.78. The average molecular weight is 225 g/mol. The lowest BCUT2D eigenvalue weighted by molar-refractivity contribution is 0.0589. The van der Waals surface area contributed by atoms with E-state index in [4.69, 9.17) is 11.6 Å². The summed E-state index contributed by atoms with van der Waals surface area (Å²) in [6.45, 7) is 0. The molecule has 0 N–H and O–H groups in total. The molecule has 76 valence electrons. The van der Waals surface area contributed by atoms with Crippen molar-refractivity contribution in [3.8, 4) is 0 Å². The van der Waals surface area contributed by atoms with Gasteiger partial charge in [-0.1, -0.05) is 11.6 Å². The number of ether oxygens (including phenoxy) is 1. The van der Waals surface area contributed by atoms with Gasteiger partial charge in [0.1, 0.15) is 22.2 Å². The van der Waals surface area contributed by atoms with E-state index in [1.54, 1.807) is 0 Å². The van der Waals surface area contributed by atoms with Crippen LogP contribution in [0, 0.1) is 17.5 Å². The number of halogens is 4. The Hall–Kier alpha value is -1.23. The van der Waals surface area contributed by atoms with Crippen molar-refractivity contribution in [3.05, 3.63) is 34.1 Å². The molecule has 1 rings (SSSR count). The predicted octanol–water partition coefficient (Wildman–Crippen LogP) is 2.54. The van der Waals surface area contributed by atoms with E-state index in [9.17, 15) is 18.0 Å². The maximum Gasteiger partial charge on any atom is 0.343 e. The van der Waals surface area contributed by atoms with Gasteiger partial charge in [-0.05, 0) is 0 Å². The molecule has 6 heteroatoms. The second kappa shape index (κ2) is 3.88. The molecule has 0 unspecified atom stereocenters. The third kappa shape index (κ3) is 1.68. The minimum absolute atomic E-state index is 0.317. The predicted molar refractivity (Wildman–Crippen MR) is 42.7 cm³/mol. The van der Waals surface area contributed by atoms with Gasteiger partial charge in [-0.3, -0.25) is 0 Å². The molecule has 0 heterocycles. The van der Waals surface area contributed by atoms with Crippen LogP contribution in [0.15, 0.2) is 6.07 Å². The standard InChI is InChI=1S/C8H4ClF3O2/c1-14-8(13)5-3(10)2-4(11)6(9)7(5)12/h2H,1H3. The SMILES string of the molecule is COC(=O)c1c(F)cc(F)c(Cl)c1F. The quantitative estimate of drug-likeness (QED) is 0.416. The Balaban J connectivity index is 3.44. The Labute approximate surface area is 82.2 Å². The van der Waals surface area contributed by atoms with E-state index in [0.717, 1.165) is 7.11 Å². The summed E-state index contributed by atoms with van der Waals surface area (Å²) in [5, 5.41) is -0.938. The molecular weight excluding hydrogens is 221 g/mol. The molecule has 0 aromatic heterocycles. The molecule has 0 fully saturated rings. The topological polar surface area (TPSA) is 26.3 Å². The normalized spacial score (nSPS) is 10.1. The second-order valence-corrected chi connectivity index (χ2v) is 2.71. The molecule has 0 aliphatic heterocycles. The molecule has 0 aliphatic carbocycles. The van der Waals surface area contributed by atoms with E-state index in [1.165, 1.54) is 0 Å². The number of carbonyl (C=O) groups excluding carboxylic acids is 1. The summed E-state index contributed by atoms with van der Waals surface area (Å²) < 4.78 is 42.7. The largest absolute Gasteiger partial charge is 0.465 e. The van der Waals surface area contributed by atoms with E-state index >= 15 is 0 Å². The van der Waals surface area contributed by atoms with Crippen LogP contribution >= 0.6 is 11.6 Å². The van der Waals surface area contributed by atoms with Crippen molar-refractivity contribution < 1.29 is 22.7 Å². The van der Waals surface area contributed by atoms with Gasteiger partial charge in [-0.2, -0.15) is 0 Å². The summed E-state index contributed by atoms with van der Waals surface area (Å²) in [7, 11) is 0.943. The maximum absolute atomic E-state index is 13.0. The fourth-order valence-corrected chi connectivity index (χ4v) is 1.00. The number of esters is 1. The van der Waals surface area contributed by atoms with E-state index in [-0.39, 0.29) is 0 Å². The zero-order valence-corrected chi connectivity index (χ0v) is 7.66. The lowest BCUT2D eigenvalue weighted by Gasteiger charge is -2.04. The summed E-state index contributed by atoms with van der Waals surface area (Å²) in [5.41, 5.74) is -1.00. The lowest BCUT2D eigenvalue weighted by Crippen LogP contribution is -2.09. The van der Waals surface area contributed by atoms with Crippen molar-refractivity contribution in [2.45, 2.75) is 0 Å². The Morgan fingerprint density at radius 2 is 1.93 bits per heavy atom. The molecule has 0 amide bonds. The number of hydrogen-bond donors (Lipinski definition) is 0. The molecule has 0 saturated heterocycles. The Morgan fingerprint density at radius 1 is 1.36 bits per heavy atom. The van der Waals surface area contributed by atoms with Gasteiger partial charge in [0.2, 0.25) is 0 Å². The van der Waals surface area contributed by atoms with Gasteiger partial charge < -0.3 is 4.74 Å². The molecule has 1 aromatic rings. The molecule has 1 aromatic carbocycles. The second-order valence-electron chi connectivity index (χ2n) is 2.33. The van der Waals surface area contributed by atoms with Gasteiger partial charge in [0.15, 0.2) is 5.82 Å². The Morgan fingerprint density at radius 3 is 2.43 bits per heavy atom. The number of methoxy groups -OCH3 is 1. The van der Waals surface area contributed by atoms with Gasteiger partial charge in [-0.15, -0.1) is 0 Å². The monoisotopic (exact) mass is 224 g/mol. The van der Waals surface area contributed by atoms with Crippen LogP contribution in [0.1, 0.15) is 10.4 Å². The molecule has 0 spiro atoms. The molecular formula is C8H4ClF3O2. The van der Waals surface area contributed by atoms with Gasteiger partial charge in [0.25, 0.3) is 0 Å². The van der Waals surface area contributed by atoms with E-state index in [1.807, 2.05) is 0 Å². The summed E-state index contributed by atoms with van der Waals surface area (Å²) in [4.78, 5) is 10.8. The Kier molecular flexibility index (Phi) is 3.00. The van der Waals surface area contributed by atoms with E-state index in [0.29, 0.717) is 6.07 Å². The molecule has 0 atom stereocenters. The van der Waals surface area contributed by atoms with Gasteiger partial charge in [0, 0.05) is 6.07 Å². The first kappa shape index (κ1) is 10.8. The highest BCUT2D eigenvalue weighted by atomic mass is 35.5. The minimum atomic E-state index is -1.46.